The van der Waals surface area contributed by atoms with E-state index in [0.29, 0.717) is 12.1 Å². The second kappa shape index (κ2) is 8.19. The minimum Gasteiger partial charge on any atom is -0.480 e. The molecule has 2 aromatic rings. The number of carbonyl (C=O) groups is 1. The number of hydrogen-bond donors (Lipinski definition) is 2. The molecule has 6 nitrogen and oxygen atoms in total. The number of carboxylic acid groups (broad SMARTS) is 1. The predicted molar refractivity (Wildman–Crippen MR) is 102 cm³/mol. The lowest BCUT2D eigenvalue weighted by Gasteiger charge is -2.42. The molecule has 0 aliphatic heterocycles. The first-order chi connectivity index (χ1) is 12.9. The fraction of sp³-hybridized carbons (Fsp3) is 0.500. The molecule has 0 radical (unpaired) electrons. The van der Waals surface area contributed by atoms with Crippen LogP contribution >= 0.6 is 0 Å². The molecule has 1 heterocycles. The van der Waals surface area contributed by atoms with Crippen molar-refractivity contribution in [2.24, 2.45) is 0 Å². The number of likely N-dealkylation sites (N-methyl/N-ethyl adjacent to an activating group) is 1. The molecule has 0 spiro atoms. The number of aromatic nitrogens is 2. The molecule has 1 aliphatic carbocycles. The van der Waals surface area contributed by atoms with Crippen molar-refractivity contribution in [2.45, 2.75) is 52.2 Å². The van der Waals surface area contributed by atoms with E-state index in [-0.39, 0.29) is 12.4 Å². The van der Waals surface area contributed by atoms with Crippen LogP contribution in [-0.2, 0) is 11.3 Å². The third-order valence-corrected chi connectivity index (χ3v) is 5.45. The summed E-state index contributed by atoms with van der Waals surface area (Å²) in [7, 11) is 0. The smallest absolute Gasteiger partial charge is 0.317 e. The van der Waals surface area contributed by atoms with Gasteiger partial charge in [-0.2, -0.15) is 5.10 Å². The zero-order valence-electron chi connectivity index (χ0n) is 16.1. The summed E-state index contributed by atoms with van der Waals surface area (Å²) in [6.45, 7) is 7.60. The molecule has 146 valence electrons. The first-order valence-corrected chi connectivity index (χ1v) is 9.39. The summed E-state index contributed by atoms with van der Waals surface area (Å²) < 4.78 is 15.0. The van der Waals surface area contributed by atoms with Crippen LogP contribution in [0.2, 0.25) is 0 Å². The van der Waals surface area contributed by atoms with Gasteiger partial charge in [0.05, 0.1) is 17.9 Å². The number of hydrogen-bond acceptors (Lipinski definition) is 4. The average Bonchev–Trinajstić information content (AvgIpc) is 2.87. The second-order valence-corrected chi connectivity index (χ2v) is 7.20. The zero-order valence-corrected chi connectivity index (χ0v) is 16.1. The summed E-state index contributed by atoms with van der Waals surface area (Å²) in [6.07, 6.45) is 1.93. The highest BCUT2D eigenvalue weighted by Crippen LogP contribution is 2.26. The van der Waals surface area contributed by atoms with E-state index >= 15 is 0 Å². The van der Waals surface area contributed by atoms with Gasteiger partial charge in [-0.1, -0.05) is 6.92 Å². The monoisotopic (exact) mass is 374 g/mol. The maximum atomic E-state index is 13.2. The van der Waals surface area contributed by atoms with Gasteiger partial charge in [0.15, 0.2) is 0 Å². The third kappa shape index (κ3) is 4.36. The summed E-state index contributed by atoms with van der Waals surface area (Å²) in [5.41, 5.74) is 4.00. The van der Waals surface area contributed by atoms with Crippen molar-refractivity contribution in [3.05, 3.63) is 47.0 Å². The highest BCUT2D eigenvalue weighted by molar-refractivity contribution is 5.69. The Balaban J connectivity index is 1.58. The molecule has 0 unspecified atom stereocenters. The van der Waals surface area contributed by atoms with Crippen LogP contribution in [0.15, 0.2) is 24.3 Å². The fourth-order valence-corrected chi connectivity index (χ4v) is 3.74. The molecule has 2 N–H and O–H groups in total. The Kier molecular flexibility index (Phi) is 5.92. The minimum atomic E-state index is -0.771. The van der Waals surface area contributed by atoms with Crippen molar-refractivity contribution >= 4 is 5.97 Å². The minimum absolute atomic E-state index is 0.108. The topological polar surface area (TPSA) is 70.4 Å². The van der Waals surface area contributed by atoms with E-state index in [9.17, 15) is 9.18 Å². The number of aryl methyl sites for hydroxylation is 1. The van der Waals surface area contributed by atoms with Crippen LogP contribution in [0.3, 0.4) is 0 Å². The molecule has 0 saturated heterocycles. The van der Waals surface area contributed by atoms with Gasteiger partial charge in [0.2, 0.25) is 0 Å². The van der Waals surface area contributed by atoms with Crippen molar-refractivity contribution in [2.75, 3.05) is 13.1 Å². The molecule has 7 heteroatoms. The summed E-state index contributed by atoms with van der Waals surface area (Å²) in [6, 6.07) is 7.07. The third-order valence-electron chi connectivity index (χ3n) is 5.45. The van der Waals surface area contributed by atoms with Gasteiger partial charge in [0.25, 0.3) is 0 Å². The molecule has 0 bridgehead atoms. The molecule has 1 aliphatic rings. The van der Waals surface area contributed by atoms with E-state index in [0.717, 1.165) is 48.6 Å². The molecule has 27 heavy (non-hydrogen) atoms. The van der Waals surface area contributed by atoms with Crippen molar-refractivity contribution in [3.63, 3.8) is 0 Å². The second-order valence-electron chi connectivity index (χ2n) is 7.20. The molecule has 1 fully saturated rings. The Morgan fingerprint density at radius 3 is 2.59 bits per heavy atom. The van der Waals surface area contributed by atoms with Crippen LogP contribution in [0.25, 0.3) is 5.69 Å². The average molecular weight is 374 g/mol. The lowest BCUT2D eigenvalue weighted by molar-refractivity contribution is -0.139. The SMILES string of the molecule is CCN(CC(=O)O)C1CC(NCc2c(C)nn(-c3ccc(F)cc3)c2C)C1. The highest BCUT2D eigenvalue weighted by atomic mass is 19.1. The number of rotatable bonds is 8. The van der Waals surface area contributed by atoms with E-state index < -0.39 is 5.97 Å². The molecule has 0 amide bonds. The first kappa shape index (κ1) is 19.5. The number of halogens is 1. The molecular formula is C20H27FN4O2. The summed E-state index contributed by atoms with van der Waals surface area (Å²) in [5, 5.41) is 17.2. The predicted octanol–water partition coefficient (Wildman–Crippen LogP) is 2.66. The molecule has 0 atom stereocenters. The number of nitrogens with one attached hydrogen (secondary N) is 1. The van der Waals surface area contributed by atoms with Crippen LogP contribution in [-0.4, -0.2) is 50.9 Å². The zero-order chi connectivity index (χ0) is 19.6. The summed E-state index contributed by atoms with van der Waals surface area (Å²) >= 11 is 0. The Morgan fingerprint density at radius 2 is 2.00 bits per heavy atom. The maximum Gasteiger partial charge on any atom is 0.317 e. The molecule has 1 aromatic carbocycles. The van der Waals surface area contributed by atoms with E-state index in [2.05, 4.69) is 10.4 Å². The van der Waals surface area contributed by atoms with Crippen molar-refractivity contribution < 1.29 is 14.3 Å². The molecular weight excluding hydrogens is 347 g/mol. The van der Waals surface area contributed by atoms with Crippen molar-refractivity contribution in [1.82, 2.24) is 20.0 Å². The van der Waals surface area contributed by atoms with Crippen LogP contribution in [0, 0.1) is 19.7 Å². The lowest BCUT2D eigenvalue weighted by atomic mass is 9.85. The van der Waals surface area contributed by atoms with E-state index in [1.54, 1.807) is 12.1 Å². The van der Waals surface area contributed by atoms with E-state index in [1.165, 1.54) is 12.1 Å². The Hall–Kier alpha value is -2.25. The Morgan fingerprint density at radius 1 is 1.33 bits per heavy atom. The first-order valence-electron chi connectivity index (χ1n) is 9.39. The van der Waals surface area contributed by atoms with Gasteiger partial charge in [-0.25, -0.2) is 9.07 Å². The van der Waals surface area contributed by atoms with Crippen LogP contribution in [0.4, 0.5) is 4.39 Å². The molecule has 1 saturated carbocycles. The Bertz CT molecular complexity index is 797. The van der Waals surface area contributed by atoms with Crippen molar-refractivity contribution in [3.8, 4) is 5.69 Å². The van der Waals surface area contributed by atoms with Gasteiger partial charge in [-0.05, 0) is 57.5 Å². The molecule has 1 aromatic heterocycles. The van der Waals surface area contributed by atoms with Crippen LogP contribution in [0.5, 0.6) is 0 Å². The maximum absolute atomic E-state index is 13.2. The summed E-state index contributed by atoms with van der Waals surface area (Å²) in [5.74, 6) is -1.03. The normalized spacial score (nSPS) is 19.3. The number of benzene rings is 1. The largest absolute Gasteiger partial charge is 0.480 e. The number of carboxylic acids is 1. The van der Waals surface area contributed by atoms with Gasteiger partial charge in [-0.15, -0.1) is 0 Å². The summed E-state index contributed by atoms with van der Waals surface area (Å²) in [4.78, 5) is 12.9. The fourth-order valence-electron chi connectivity index (χ4n) is 3.74. The van der Waals surface area contributed by atoms with Gasteiger partial charge in [0.1, 0.15) is 5.82 Å². The molecule has 3 rings (SSSR count). The quantitative estimate of drug-likeness (QED) is 0.743. The van der Waals surface area contributed by atoms with E-state index in [1.807, 2.05) is 30.4 Å². The van der Waals surface area contributed by atoms with Gasteiger partial charge in [0, 0.05) is 29.9 Å². The highest BCUT2D eigenvalue weighted by Gasteiger charge is 2.33. The standard InChI is InChI=1S/C20H27FN4O2/c1-4-24(12-20(26)27)18-9-16(10-18)22-11-19-13(2)23-25(14(19)3)17-7-5-15(21)6-8-17/h5-8,16,18,22H,4,9-12H2,1-3H3,(H,26,27). The van der Waals surface area contributed by atoms with Crippen molar-refractivity contribution in [1.29, 1.82) is 0 Å². The number of nitrogens with zero attached hydrogens (tertiary/aromatic N) is 3. The number of aliphatic carboxylic acids is 1. The Labute approximate surface area is 159 Å². The van der Waals surface area contributed by atoms with Crippen LogP contribution < -0.4 is 5.32 Å². The van der Waals surface area contributed by atoms with Gasteiger partial charge < -0.3 is 10.4 Å². The van der Waals surface area contributed by atoms with E-state index in [4.69, 9.17) is 5.11 Å². The lowest BCUT2D eigenvalue weighted by Crippen LogP contribution is -2.53. The van der Waals surface area contributed by atoms with Gasteiger partial charge in [-0.3, -0.25) is 9.69 Å². The van der Waals surface area contributed by atoms with Crippen LogP contribution in [0.1, 0.15) is 36.7 Å². The van der Waals surface area contributed by atoms with Gasteiger partial charge >= 0.3 is 5.97 Å².